The maximum atomic E-state index is 5.94. The molecule has 1 aromatic heterocycles. The second-order valence-electron chi connectivity index (χ2n) is 5.49. The molecular weight excluding hydrogens is 322 g/mol. The van der Waals surface area contributed by atoms with Gasteiger partial charge >= 0.3 is 0 Å². The van der Waals surface area contributed by atoms with E-state index in [0.29, 0.717) is 5.92 Å². The summed E-state index contributed by atoms with van der Waals surface area (Å²) >= 11 is 7.49. The van der Waals surface area contributed by atoms with Gasteiger partial charge in [-0.2, -0.15) is 0 Å². The number of benzene rings is 2. The molecule has 0 N–H and O–H groups in total. The highest BCUT2D eigenvalue weighted by Gasteiger charge is 2.10. The first kappa shape index (κ1) is 16.0. The maximum Gasteiger partial charge on any atom is 0.0935 e. The Hall–Kier alpha value is -1.90. The van der Waals surface area contributed by atoms with Crippen molar-refractivity contribution in [2.45, 2.75) is 12.8 Å². The number of hydrogen-bond acceptors (Lipinski definition) is 2. The van der Waals surface area contributed by atoms with E-state index in [-0.39, 0.29) is 0 Å². The van der Waals surface area contributed by atoms with Gasteiger partial charge in [0.25, 0.3) is 0 Å². The van der Waals surface area contributed by atoms with Crippen LogP contribution in [0.3, 0.4) is 0 Å². The summed E-state index contributed by atoms with van der Waals surface area (Å²) in [5.41, 5.74) is 3.87. The van der Waals surface area contributed by atoms with Gasteiger partial charge in [0.15, 0.2) is 0 Å². The fourth-order valence-corrected chi connectivity index (χ4v) is 3.56. The van der Waals surface area contributed by atoms with Crippen molar-refractivity contribution in [1.82, 2.24) is 0 Å². The summed E-state index contributed by atoms with van der Waals surface area (Å²) in [7, 11) is 0. The Morgan fingerprint density at radius 2 is 1.74 bits per heavy atom. The molecule has 3 rings (SSSR count). The molecule has 116 valence electrons. The van der Waals surface area contributed by atoms with Crippen LogP contribution in [-0.4, -0.2) is 12.8 Å². The minimum atomic E-state index is 0.359. The SMILES string of the molecule is CC(C/N=C/c1ccc(Cl)s1)c1ccccc1-c1ccccc1. The zero-order chi connectivity index (χ0) is 16.1. The molecule has 23 heavy (non-hydrogen) atoms. The predicted molar refractivity (Wildman–Crippen MR) is 102 cm³/mol. The Morgan fingerprint density at radius 3 is 2.48 bits per heavy atom. The topological polar surface area (TPSA) is 12.4 Å². The van der Waals surface area contributed by atoms with Crippen LogP contribution in [0.25, 0.3) is 11.1 Å². The number of hydrogen-bond donors (Lipinski definition) is 0. The van der Waals surface area contributed by atoms with Crippen molar-refractivity contribution in [2.75, 3.05) is 6.54 Å². The summed E-state index contributed by atoms with van der Waals surface area (Å²) in [6.45, 7) is 2.99. The second kappa shape index (κ2) is 7.58. The molecule has 3 aromatic rings. The summed E-state index contributed by atoms with van der Waals surface area (Å²) in [6.07, 6.45) is 1.91. The van der Waals surface area contributed by atoms with Crippen LogP contribution in [0, 0.1) is 0 Å². The lowest BCUT2D eigenvalue weighted by Crippen LogP contribution is -2.00. The Balaban J connectivity index is 1.77. The third-order valence-electron chi connectivity index (χ3n) is 3.77. The normalized spacial score (nSPS) is 12.6. The minimum Gasteiger partial charge on any atom is -0.291 e. The Morgan fingerprint density at radius 1 is 1.00 bits per heavy atom. The number of thiophene rings is 1. The lowest BCUT2D eigenvalue weighted by atomic mass is 9.92. The average molecular weight is 340 g/mol. The molecule has 0 amide bonds. The zero-order valence-corrected chi connectivity index (χ0v) is 14.5. The molecule has 2 aromatic carbocycles. The molecule has 3 heteroatoms. The number of nitrogens with zero attached hydrogens (tertiary/aromatic N) is 1. The van der Waals surface area contributed by atoms with Crippen molar-refractivity contribution in [3.05, 3.63) is 81.5 Å². The van der Waals surface area contributed by atoms with Crippen molar-refractivity contribution >= 4 is 29.2 Å². The van der Waals surface area contributed by atoms with Crippen LogP contribution in [0.15, 0.2) is 71.7 Å². The first-order chi connectivity index (χ1) is 11.2. The highest BCUT2D eigenvalue weighted by molar-refractivity contribution is 7.17. The molecule has 0 aliphatic heterocycles. The largest absolute Gasteiger partial charge is 0.291 e. The van der Waals surface area contributed by atoms with E-state index in [0.717, 1.165) is 15.8 Å². The summed E-state index contributed by atoms with van der Waals surface area (Å²) < 4.78 is 0.800. The van der Waals surface area contributed by atoms with Crippen LogP contribution in [0.5, 0.6) is 0 Å². The smallest absolute Gasteiger partial charge is 0.0935 e. The third-order valence-corrected chi connectivity index (χ3v) is 4.93. The standard InChI is InChI=1S/C20H18ClNS/c1-15(13-22-14-17-11-12-20(21)23-17)18-9-5-6-10-19(18)16-7-3-2-4-8-16/h2-12,14-15H,13H2,1H3/b22-14+. The molecule has 0 radical (unpaired) electrons. The van der Waals surface area contributed by atoms with E-state index >= 15 is 0 Å². The summed E-state index contributed by atoms with van der Waals surface area (Å²) in [6, 6.07) is 23.0. The van der Waals surface area contributed by atoms with Crippen molar-refractivity contribution in [2.24, 2.45) is 4.99 Å². The molecule has 0 fully saturated rings. The Bertz CT molecular complexity index is 792. The fourth-order valence-electron chi connectivity index (χ4n) is 2.60. The van der Waals surface area contributed by atoms with Gasteiger partial charge < -0.3 is 0 Å². The highest BCUT2D eigenvalue weighted by Crippen LogP contribution is 2.29. The van der Waals surface area contributed by atoms with E-state index in [1.165, 1.54) is 16.7 Å². The average Bonchev–Trinajstić information content (AvgIpc) is 3.01. The summed E-state index contributed by atoms with van der Waals surface area (Å²) in [5, 5.41) is 0. The van der Waals surface area contributed by atoms with Crippen LogP contribution in [0.4, 0.5) is 0 Å². The van der Waals surface area contributed by atoms with E-state index in [4.69, 9.17) is 11.6 Å². The highest BCUT2D eigenvalue weighted by atomic mass is 35.5. The molecule has 0 aliphatic rings. The van der Waals surface area contributed by atoms with Gasteiger partial charge in [0.05, 0.1) is 4.34 Å². The maximum absolute atomic E-state index is 5.94. The number of rotatable bonds is 5. The quantitative estimate of drug-likeness (QED) is 0.484. The molecule has 0 saturated heterocycles. The molecule has 0 spiro atoms. The van der Waals surface area contributed by atoms with Gasteiger partial charge in [-0.1, -0.05) is 73.1 Å². The monoisotopic (exact) mass is 339 g/mol. The molecule has 0 aliphatic carbocycles. The summed E-state index contributed by atoms with van der Waals surface area (Å²) in [5.74, 6) is 0.359. The van der Waals surface area contributed by atoms with Crippen molar-refractivity contribution < 1.29 is 0 Å². The Labute approximate surface area is 146 Å². The van der Waals surface area contributed by atoms with Gasteiger partial charge in [-0.15, -0.1) is 11.3 Å². The lowest BCUT2D eigenvalue weighted by molar-refractivity contribution is 0.779. The van der Waals surface area contributed by atoms with Crippen molar-refractivity contribution in [3.63, 3.8) is 0 Å². The van der Waals surface area contributed by atoms with Gasteiger partial charge in [-0.25, -0.2) is 0 Å². The van der Waals surface area contributed by atoms with E-state index in [2.05, 4.69) is 60.4 Å². The van der Waals surface area contributed by atoms with Crippen LogP contribution in [0.2, 0.25) is 4.34 Å². The first-order valence-electron chi connectivity index (χ1n) is 7.63. The van der Waals surface area contributed by atoms with E-state index < -0.39 is 0 Å². The molecule has 0 bridgehead atoms. The van der Waals surface area contributed by atoms with Gasteiger partial charge in [0, 0.05) is 23.6 Å². The van der Waals surface area contributed by atoms with Crippen LogP contribution in [0.1, 0.15) is 23.3 Å². The molecule has 1 heterocycles. The molecule has 1 nitrogen and oxygen atoms in total. The van der Waals surface area contributed by atoms with Crippen molar-refractivity contribution in [1.29, 1.82) is 0 Å². The van der Waals surface area contributed by atoms with Crippen molar-refractivity contribution in [3.8, 4) is 11.1 Å². The Kier molecular flexibility index (Phi) is 5.27. The predicted octanol–water partition coefficient (Wildman–Crippen LogP) is 6.29. The number of halogens is 1. The summed E-state index contributed by atoms with van der Waals surface area (Å²) in [4.78, 5) is 5.69. The van der Waals surface area contributed by atoms with Gasteiger partial charge in [-0.3, -0.25) is 4.99 Å². The fraction of sp³-hybridized carbons (Fsp3) is 0.150. The molecule has 1 unspecified atom stereocenters. The van der Waals surface area contributed by atoms with Crippen LogP contribution < -0.4 is 0 Å². The number of aliphatic imine (C=N–C) groups is 1. The zero-order valence-electron chi connectivity index (χ0n) is 12.9. The molecule has 0 saturated carbocycles. The molecular formula is C20H18ClNS. The van der Waals surface area contributed by atoms with Gasteiger partial charge in [-0.05, 0) is 28.8 Å². The van der Waals surface area contributed by atoms with Crippen LogP contribution in [-0.2, 0) is 0 Å². The van der Waals surface area contributed by atoms with Gasteiger partial charge in [0.1, 0.15) is 0 Å². The minimum absolute atomic E-state index is 0.359. The first-order valence-corrected chi connectivity index (χ1v) is 8.83. The van der Waals surface area contributed by atoms with E-state index in [1.807, 2.05) is 24.4 Å². The van der Waals surface area contributed by atoms with E-state index in [1.54, 1.807) is 11.3 Å². The van der Waals surface area contributed by atoms with Crippen LogP contribution >= 0.6 is 22.9 Å². The lowest BCUT2D eigenvalue weighted by Gasteiger charge is -2.15. The third kappa shape index (κ3) is 4.10. The second-order valence-corrected chi connectivity index (χ2v) is 7.24. The van der Waals surface area contributed by atoms with E-state index in [9.17, 15) is 0 Å². The molecule has 1 atom stereocenters. The van der Waals surface area contributed by atoms with Gasteiger partial charge in [0.2, 0.25) is 0 Å².